The first-order valence-electron chi connectivity index (χ1n) is 8.04. The second-order valence-corrected chi connectivity index (χ2v) is 7.09. The molecule has 0 spiro atoms. The second-order valence-electron chi connectivity index (χ2n) is 7.09. The summed E-state index contributed by atoms with van der Waals surface area (Å²) in [6.07, 6.45) is -0.290. The van der Waals surface area contributed by atoms with Crippen LogP contribution in [-0.2, 0) is 12.8 Å². The Morgan fingerprint density at radius 2 is 2.09 bits per heavy atom. The standard InChI is InChI=1S/C16H19F3N2O2/c17-16(18,19)15-6-14(15,7-20-9-15)8-21-13(22)12-5-10-3-1-2-4-11(10)23-12/h5,20H,1-4,6-9H2,(H,21,22)/t14-,15-/m0/s1. The number of furan rings is 1. The highest BCUT2D eigenvalue weighted by atomic mass is 19.4. The maximum absolute atomic E-state index is 13.3. The van der Waals surface area contributed by atoms with Crippen LogP contribution in [0.3, 0.4) is 0 Å². The van der Waals surface area contributed by atoms with Crippen LogP contribution in [0.1, 0.15) is 41.1 Å². The van der Waals surface area contributed by atoms with E-state index in [2.05, 4.69) is 10.6 Å². The summed E-state index contributed by atoms with van der Waals surface area (Å²) in [5.41, 5.74) is -1.51. The third kappa shape index (κ3) is 2.12. The van der Waals surface area contributed by atoms with Crippen molar-refractivity contribution in [2.75, 3.05) is 19.6 Å². The Labute approximate surface area is 131 Å². The Bertz CT molecular complexity index is 631. The van der Waals surface area contributed by atoms with Crippen LogP contribution < -0.4 is 10.6 Å². The second kappa shape index (κ2) is 4.75. The van der Waals surface area contributed by atoms with E-state index in [4.69, 9.17) is 4.42 Å². The number of amides is 1. The van der Waals surface area contributed by atoms with Crippen LogP contribution in [0.15, 0.2) is 10.5 Å². The summed E-state index contributed by atoms with van der Waals surface area (Å²) in [5.74, 6) is 0.652. The monoisotopic (exact) mass is 328 g/mol. The van der Waals surface area contributed by atoms with E-state index >= 15 is 0 Å². The minimum atomic E-state index is -4.23. The molecule has 4 rings (SSSR count). The van der Waals surface area contributed by atoms with Crippen molar-refractivity contribution in [1.29, 1.82) is 0 Å². The zero-order valence-electron chi connectivity index (χ0n) is 12.7. The summed E-state index contributed by atoms with van der Waals surface area (Å²) >= 11 is 0. The molecule has 1 aromatic rings. The van der Waals surface area contributed by atoms with Gasteiger partial charge in [-0.2, -0.15) is 13.2 Å². The van der Waals surface area contributed by atoms with Crippen LogP contribution in [0.5, 0.6) is 0 Å². The van der Waals surface area contributed by atoms with Crippen molar-refractivity contribution < 1.29 is 22.4 Å². The Morgan fingerprint density at radius 1 is 1.30 bits per heavy atom. The lowest BCUT2D eigenvalue weighted by molar-refractivity contribution is -0.190. The summed E-state index contributed by atoms with van der Waals surface area (Å²) in [5, 5.41) is 5.47. The summed E-state index contributed by atoms with van der Waals surface area (Å²) in [6, 6.07) is 1.73. The average Bonchev–Trinajstić information content (AvgIpc) is 2.85. The molecule has 126 valence electrons. The summed E-state index contributed by atoms with van der Waals surface area (Å²) in [6.45, 7) is 0.270. The van der Waals surface area contributed by atoms with Gasteiger partial charge in [0.1, 0.15) is 5.76 Å². The van der Waals surface area contributed by atoms with Crippen molar-refractivity contribution in [2.45, 2.75) is 38.3 Å². The van der Waals surface area contributed by atoms with Gasteiger partial charge in [-0.15, -0.1) is 0 Å². The number of rotatable bonds is 3. The van der Waals surface area contributed by atoms with Gasteiger partial charge in [-0.05, 0) is 37.3 Å². The maximum atomic E-state index is 13.3. The Kier molecular flexibility index (Phi) is 3.11. The number of halogens is 3. The van der Waals surface area contributed by atoms with E-state index in [9.17, 15) is 18.0 Å². The predicted molar refractivity (Wildman–Crippen MR) is 76.1 cm³/mol. The fourth-order valence-electron chi connectivity index (χ4n) is 4.26. The van der Waals surface area contributed by atoms with Crippen LogP contribution in [0.25, 0.3) is 0 Å². The molecule has 0 bridgehead atoms. The van der Waals surface area contributed by atoms with E-state index in [0.717, 1.165) is 37.0 Å². The van der Waals surface area contributed by atoms with E-state index in [1.165, 1.54) is 0 Å². The molecule has 23 heavy (non-hydrogen) atoms. The molecule has 3 aliphatic rings. The van der Waals surface area contributed by atoms with Crippen LogP contribution >= 0.6 is 0 Å². The molecule has 2 aliphatic carbocycles. The molecular weight excluding hydrogens is 309 g/mol. The average molecular weight is 328 g/mol. The van der Waals surface area contributed by atoms with E-state index in [0.29, 0.717) is 6.54 Å². The number of carbonyl (C=O) groups excluding carboxylic acids is 1. The third-order valence-electron chi connectivity index (χ3n) is 5.77. The van der Waals surface area contributed by atoms with Gasteiger partial charge in [0.15, 0.2) is 5.76 Å². The smallest absolute Gasteiger partial charge is 0.396 e. The highest BCUT2D eigenvalue weighted by Gasteiger charge is 2.81. The first-order chi connectivity index (χ1) is 10.9. The minimum Gasteiger partial charge on any atom is -0.456 e. The zero-order valence-corrected chi connectivity index (χ0v) is 12.7. The molecule has 1 saturated heterocycles. The quantitative estimate of drug-likeness (QED) is 0.896. The van der Waals surface area contributed by atoms with Crippen LogP contribution in [-0.4, -0.2) is 31.7 Å². The zero-order chi connectivity index (χ0) is 16.3. The summed E-state index contributed by atoms with van der Waals surface area (Å²) in [4.78, 5) is 12.2. The Hall–Kier alpha value is -1.50. The SMILES string of the molecule is O=C(NC[C@]12CNC[C@@]1(C(F)(F)F)C2)c1cc2c(o1)CCCC2. The lowest BCUT2D eigenvalue weighted by atomic mass is 9.95. The molecule has 2 N–H and O–H groups in total. The largest absolute Gasteiger partial charge is 0.456 e. The van der Waals surface area contributed by atoms with Crippen molar-refractivity contribution in [3.05, 3.63) is 23.2 Å². The van der Waals surface area contributed by atoms with Gasteiger partial charge in [0.25, 0.3) is 5.91 Å². The number of fused-ring (bicyclic) bond motifs is 2. The Morgan fingerprint density at radius 3 is 2.78 bits per heavy atom. The molecule has 1 aromatic heterocycles. The van der Waals surface area contributed by atoms with Gasteiger partial charge < -0.3 is 15.1 Å². The van der Waals surface area contributed by atoms with Gasteiger partial charge in [-0.25, -0.2) is 0 Å². The van der Waals surface area contributed by atoms with Crippen LogP contribution in [0.4, 0.5) is 13.2 Å². The lowest BCUT2D eigenvalue weighted by Gasteiger charge is -2.20. The normalized spacial score (nSPS) is 32.3. The molecule has 0 radical (unpaired) electrons. The first-order valence-corrected chi connectivity index (χ1v) is 8.04. The van der Waals surface area contributed by atoms with Crippen LogP contribution in [0, 0.1) is 10.8 Å². The summed E-state index contributed by atoms with van der Waals surface area (Å²) < 4.78 is 45.4. The molecule has 7 heteroatoms. The molecule has 1 amide bonds. The minimum absolute atomic E-state index is 0.0315. The molecule has 0 aromatic carbocycles. The van der Waals surface area contributed by atoms with Gasteiger partial charge in [-0.3, -0.25) is 4.79 Å². The molecule has 2 fully saturated rings. The third-order valence-corrected chi connectivity index (χ3v) is 5.77. The first kappa shape index (κ1) is 15.1. The molecule has 1 aliphatic heterocycles. The van der Waals surface area contributed by atoms with E-state index in [1.54, 1.807) is 6.07 Å². The van der Waals surface area contributed by atoms with E-state index in [1.807, 2.05) is 0 Å². The van der Waals surface area contributed by atoms with Crippen molar-refractivity contribution in [2.24, 2.45) is 10.8 Å². The number of hydrogen-bond acceptors (Lipinski definition) is 3. The lowest BCUT2D eigenvalue weighted by Crippen LogP contribution is -2.37. The molecular formula is C16H19F3N2O2. The number of piperidine rings is 1. The molecule has 2 heterocycles. The number of carbonyl (C=O) groups is 1. The van der Waals surface area contributed by atoms with E-state index in [-0.39, 0.29) is 25.3 Å². The highest BCUT2D eigenvalue weighted by molar-refractivity contribution is 5.91. The number of aryl methyl sites for hydroxylation is 2. The molecule has 4 nitrogen and oxygen atoms in total. The number of hydrogen-bond donors (Lipinski definition) is 2. The van der Waals surface area contributed by atoms with Gasteiger partial charge in [-0.1, -0.05) is 0 Å². The van der Waals surface area contributed by atoms with E-state index < -0.39 is 22.9 Å². The highest BCUT2D eigenvalue weighted by Crippen LogP contribution is 2.72. The molecule has 0 unspecified atom stereocenters. The predicted octanol–water partition coefficient (Wildman–Crippen LogP) is 2.43. The molecule has 1 saturated carbocycles. The fraction of sp³-hybridized carbons (Fsp3) is 0.688. The number of alkyl halides is 3. The fourth-order valence-corrected chi connectivity index (χ4v) is 4.26. The summed E-state index contributed by atoms with van der Waals surface area (Å²) in [7, 11) is 0. The maximum Gasteiger partial charge on any atom is 0.396 e. The number of nitrogens with one attached hydrogen (secondary N) is 2. The van der Waals surface area contributed by atoms with Crippen molar-refractivity contribution in [3.8, 4) is 0 Å². The van der Waals surface area contributed by atoms with Gasteiger partial charge in [0, 0.05) is 31.5 Å². The van der Waals surface area contributed by atoms with Crippen molar-refractivity contribution in [1.82, 2.24) is 10.6 Å². The van der Waals surface area contributed by atoms with Gasteiger partial charge in [0.05, 0.1) is 5.41 Å². The topological polar surface area (TPSA) is 54.3 Å². The Balaban J connectivity index is 1.44. The van der Waals surface area contributed by atoms with Crippen molar-refractivity contribution >= 4 is 5.91 Å². The van der Waals surface area contributed by atoms with Gasteiger partial charge >= 0.3 is 6.18 Å². The molecule has 2 atom stereocenters. The van der Waals surface area contributed by atoms with Crippen molar-refractivity contribution in [3.63, 3.8) is 0 Å². The van der Waals surface area contributed by atoms with Crippen LogP contribution in [0.2, 0.25) is 0 Å². The van der Waals surface area contributed by atoms with Gasteiger partial charge in [0.2, 0.25) is 0 Å².